The van der Waals surface area contributed by atoms with Crippen LogP contribution in [0.3, 0.4) is 0 Å². The minimum Gasteiger partial charge on any atom is -0.458 e. The van der Waals surface area contributed by atoms with E-state index >= 15 is 0 Å². The number of nitrogens with two attached hydrogens (primary N) is 1. The maximum Gasteiger partial charge on any atom is 0.343 e. The van der Waals surface area contributed by atoms with Crippen molar-refractivity contribution < 1.29 is 23.9 Å². The average Bonchev–Trinajstić information content (AvgIpc) is 3.21. The highest BCUT2D eigenvalue weighted by atomic mass is 19.1. The van der Waals surface area contributed by atoms with Gasteiger partial charge in [0.2, 0.25) is 0 Å². The van der Waals surface area contributed by atoms with Crippen LogP contribution < -0.4 is 11.3 Å². The molecule has 0 amide bonds. The molecule has 5 rings (SSSR count). The molecule has 3 aromatic rings. The van der Waals surface area contributed by atoms with Crippen LogP contribution in [0.2, 0.25) is 0 Å². The average molecular weight is 480 g/mol. The van der Waals surface area contributed by atoms with E-state index in [1.165, 1.54) is 10.6 Å². The van der Waals surface area contributed by atoms with E-state index in [0.29, 0.717) is 58.6 Å². The van der Waals surface area contributed by atoms with E-state index in [-0.39, 0.29) is 36.3 Å². The lowest BCUT2D eigenvalue weighted by Gasteiger charge is -2.31. The van der Waals surface area contributed by atoms with Crippen molar-refractivity contribution >= 4 is 23.1 Å². The number of aryl methyl sites for hydroxylation is 1. The van der Waals surface area contributed by atoms with Gasteiger partial charge in [0.15, 0.2) is 5.60 Å². The number of nitrogens with zero attached hydrogens (tertiary/aromatic N) is 3. The molecule has 10 heteroatoms. The summed E-state index contributed by atoms with van der Waals surface area (Å²) in [4.78, 5) is 35.8. The van der Waals surface area contributed by atoms with Crippen molar-refractivity contribution in [1.82, 2.24) is 9.55 Å². The Kier molecular flexibility index (Phi) is 5.65. The molecule has 4 heterocycles. The summed E-state index contributed by atoms with van der Waals surface area (Å²) in [6.45, 7) is 4.11. The summed E-state index contributed by atoms with van der Waals surface area (Å²) >= 11 is 0. The normalized spacial score (nSPS) is 18.5. The number of aliphatic hydroxyl groups is 1. The third kappa shape index (κ3) is 3.52. The second-order valence-electron chi connectivity index (χ2n) is 8.78. The molecule has 0 bridgehead atoms. The highest BCUT2D eigenvalue weighted by molar-refractivity contribution is 6.02. The molecule has 3 N–H and O–H groups in total. The number of carbonyl (C=O) groups is 1. The zero-order chi connectivity index (χ0) is 24.9. The lowest BCUT2D eigenvalue weighted by molar-refractivity contribution is -0.172. The second kappa shape index (κ2) is 8.54. The third-order valence-corrected chi connectivity index (χ3v) is 6.71. The zero-order valence-corrected chi connectivity index (χ0v) is 19.4. The Morgan fingerprint density at radius 2 is 2.14 bits per heavy atom. The van der Waals surface area contributed by atoms with Gasteiger partial charge in [0.1, 0.15) is 19.0 Å². The van der Waals surface area contributed by atoms with Crippen molar-refractivity contribution in [3.63, 3.8) is 0 Å². The van der Waals surface area contributed by atoms with Crippen LogP contribution in [-0.2, 0) is 33.1 Å². The van der Waals surface area contributed by atoms with Crippen molar-refractivity contribution in [3.05, 3.63) is 62.2 Å². The maximum absolute atomic E-state index is 14.4. The molecule has 1 unspecified atom stereocenters. The second-order valence-corrected chi connectivity index (χ2v) is 8.78. The molecular formula is C25H25FN4O5. The summed E-state index contributed by atoms with van der Waals surface area (Å²) in [5.74, 6) is -1.20. The van der Waals surface area contributed by atoms with Gasteiger partial charge in [-0.05, 0) is 44.0 Å². The number of hydrogen-bond donors (Lipinski definition) is 2. The number of hydrogen-bond acceptors (Lipinski definition) is 8. The Balaban J connectivity index is 1.74. The summed E-state index contributed by atoms with van der Waals surface area (Å²) in [5, 5.41) is 15.8. The minimum absolute atomic E-state index is 0.0439. The summed E-state index contributed by atoms with van der Waals surface area (Å²) in [7, 11) is 0. The molecule has 2 aromatic heterocycles. The van der Waals surface area contributed by atoms with Crippen molar-refractivity contribution in [2.24, 2.45) is 10.9 Å². The molecule has 35 heavy (non-hydrogen) atoms. The number of cyclic esters (lactones) is 1. The number of fused-ring (bicyclic) bond motifs is 5. The molecule has 0 spiro atoms. The van der Waals surface area contributed by atoms with Crippen LogP contribution in [0.4, 0.5) is 4.39 Å². The molecule has 1 atom stereocenters. The van der Waals surface area contributed by atoms with Crippen LogP contribution in [0.5, 0.6) is 0 Å². The Labute approximate surface area is 200 Å². The van der Waals surface area contributed by atoms with Gasteiger partial charge in [-0.3, -0.25) is 4.79 Å². The van der Waals surface area contributed by atoms with E-state index in [2.05, 4.69) is 10.1 Å². The van der Waals surface area contributed by atoms with Gasteiger partial charge in [0.05, 0.1) is 35.2 Å². The van der Waals surface area contributed by atoms with Crippen molar-refractivity contribution in [2.45, 2.75) is 45.4 Å². The number of halogens is 1. The van der Waals surface area contributed by atoms with E-state index in [4.69, 9.17) is 15.3 Å². The monoisotopic (exact) mass is 480 g/mol. The Morgan fingerprint density at radius 1 is 1.34 bits per heavy atom. The van der Waals surface area contributed by atoms with E-state index in [1.807, 2.05) is 0 Å². The number of aromatic nitrogens is 2. The zero-order valence-electron chi connectivity index (χ0n) is 19.4. The first-order valence-corrected chi connectivity index (χ1v) is 11.5. The fraction of sp³-hybridized carbons (Fsp3) is 0.360. The molecular weight excluding hydrogens is 455 g/mol. The van der Waals surface area contributed by atoms with Gasteiger partial charge in [-0.1, -0.05) is 12.1 Å². The third-order valence-electron chi connectivity index (χ3n) is 6.71. The molecule has 182 valence electrons. The number of esters is 1. The topological polar surface area (TPSA) is 129 Å². The van der Waals surface area contributed by atoms with Gasteiger partial charge in [-0.2, -0.15) is 0 Å². The van der Waals surface area contributed by atoms with Crippen molar-refractivity contribution in [2.75, 3.05) is 13.2 Å². The predicted octanol–water partition coefficient (Wildman–Crippen LogP) is 2.23. The Hall–Kier alpha value is -3.63. The largest absolute Gasteiger partial charge is 0.458 e. The van der Waals surface area contributed by atoms with E-state index < -0.39 is 17.4 Å². The number of ether oxygens (including phenoxy) is 1. The quantitative estimate of drug-likeness (QED) is 0.187. The van der Waals surface area contributed by atoms with Crippen LogP contribution in [0.1, 0.15) is 47.6 Å². The van der Waals surface area contributed by atoms with Crippen LogP contribution in [0, 0.1) is 12.7 Å². The summed E-state index contributed by atoms with van der Waals surface area (Å²) in [6.07, 6.45) is 2.23. The van der Waals surface area contributed by atoms with Crippen molar-refractivity contribution in [3.8, 4) is 11.4 Å². The predicted molar refractivity (Wildman–Crippen MR) is 126 cm³/mol. The van der Waals surface area contributed by atoms with E-state index in [1.54, 1.807) is 32.2 Å². The number of carbonyl (C=O) groups excluding carboxylic acids is 1. The molecule has 1 aromatic carbocycles. The number of oxime groups is 1. The van der Waals surface area contributed by atoms with Gasteiger partial charge >= 0.3 is 5.97 Å². The number of rotatable bonds is 6. The molecule has 2 aliphatic heterocycles. The molecule has 0 aliphatic carbocycles. The Morgan fingerprint density at radius 3 is 2.89 bits per heavy atom. The first-order valence-electron chi connectivity index (χ1n) is 11.5. The van der Waals surface area contributed by atoms with Gasteiger partial charge in [-0.15, -0.1) is 0 Å². The lowest BCUT2D eigenvalue weighted by Crippen LogP contribution is -2.44. The first-order chi connectivity index (χ1) is 16.8. The minimum atomic E-state index is -1.92. The van der Waals surface area contributed by atoms with Crippen LogP contribution >= 0.6 is 0 Å². The highest BCUT2D eigenvalue weighted by Gasteiger charge is 2.45. The highest BCUT2D eigenvalue weighted by Crippen LogP contribution is 2.40. The molecule has 0 fully saturated rings. The lowest BCUT2D eigenvalue weighted by atomic mass is 9.86. The van der Waals surface area contributed by atoms with Crippen LogP contribution in [-0.4, -0.2) is 40.0 Å². The SMILES string of the molecule is CCC1(O)C(=O)OCc2c1cc1n(c2=O)Cc2c-1nc1cc(F)c(C)cc1c2C=NOCCCN. The number of benzene rings is 1. The Bertz CT molecular complexity index is 1460. The fourth-order valence-electron chi connectivity index (χ4n) is 4.68. The van der Waals surface area contributed by atoms with Crippen LogP contribution in [0.25, 0.3) is 22.3 Å². The smallest absolute Gasteiger partial charge is 0.343 e. The van der Waals surface area contributed by atoms with Crippen molar-refractivity contribution in [1.29, 1.82) is 0 Å². The summed E-state index contributed by atoms with van der Waals surface area (Å²) in [5.41, 5.74) is 6.75. The summed E-state index contributed by atoms with van der Waals surface area (Å²) in [6, 6.07) is 4.66. The van der Waals surface area contributed by atoms with Crippen LogP contribution in [0.15, 0.2) is 28.1 Å². The van der Waals surface area contributed by atoms with E-state index in [9.17, 15) is 19.1 Å². The standard InChI is InChI=1S/C25H25FN4O5/c1-3-25(33)18-8-21-22-16(11-30(21)23(31)17(18)12-34-24(25)32)15(10-28-35-6-4-5-27)14-7-13(2)19(26)9-20(14)29-22/h7-10,33H,3-6,11-12,27H2,1-2H3. The van der Waals surface area contributed by atoms with E-state index in [0.717, 1.165) is 0 Å². The molecule has 0 radical (unpaired) electrons. The van der Waals surface area contributed by atoms with Gasteiger partial charge < -0.3 is 25.0 Å². The number of pyridine rings is 2. The fourth-order valence-corrected chi connectivity index (χ4v) is 4.68. The molecule has 0 saturated carbocycles. The summed E-state index contributed by atoms with van der Waals surface area (Å²) < 4.78 is 21.1. The van der Waals surface area contributed by atoms with Gasteiger partial charge in [0, 0.05) is 28.1 Å². The maximum atomic E-state index is 14.4. The molecule has 0 saturated heterocycles. The molecule has 2 aliphatic rings. The first kappa shape index (κ1) is 23.1. The van der Waals surface area contributed by atoms with Gasteiger partial charge in [-0.25, -0.2) is 14.2 Å². The molecule has 9 nitrogen and oxygen atoms in total. The van der Waals surface area contributed by atoms with Gasteiger partial charge in [0.25, 0.3) is 5.56 Å².